The summed E-state index contributed by atoms with van der Waals surface area (Å²) >= 11 is 0. The number of carbonyl (C=O) groups excluding carboxylic acids is 2. The number of anilines is 1. The Morgan fingerprint density at radius 3 is 2.43 bits per heavy atom. The second kappa shape index (κ2) is 8.87. The molecule has 2 aromatic rings. The fraction of sp³-hybridized carbons (Fsp3) is 0.409. The highest BCUT2D eigenvalue weighted by atomic mass is 16.5. The number of esters is 1. The first-order valence-corrected chi connectivity index (χ1v) is 9.66. The van der Waals surface area contributed by atoms with Crippen LogP contribution in [0.15, 0.2) is 42.6 Å². The summed E-state index contributed by atoms with van der Waals surface area (Å²) in [4.78, 5) is 29.5. The van der Waals surface area contributed by atoms with Gasteiger partial charge in [-0.15, -0.1) is 0 Å². The van der Waals surface area contributed by atoms with Crippen LogP contribution >= 0.6 is 0 Å². The topological polar surface area (TPSA) is 85.5 Å². The van der Waals surface area contributed by atoms with Crippen LogP contribution in [0.2, 0.25) is 0 Å². The number of pyridine rings is 1. The number of hydrogen-bond acceptors (Lipinski definition) is 4. The van der Waals surface area contributed by atoms with Crippen molar-refractivity contribution in [1.29, 1.82) is 0 Å². The molecule has 0 spiro atoms. The number of hydrogen-bond donors (Lipinski definition) is 1. The molecule has 1 fully saturated rings. The van der Waals surface area contributed by atoms with Gasteiger partial charge in [0.1, 0.15) is 5.69 Å². The fourth-order valence-electron chi connectivity index (χ4n) is 4.02. The van der Waals surface area contributed by atoms with Crippen LogP contribution in [0.4, 0.5) is 10.5 Å². The van der Waals surface area contributed by atoms with E-state index in [1.807, 2.05) is 13.0 Å². The molecule has 0 radical (unpaired) electrons. The number of rotatable bonds is 5. The molecule has 0 unspecified atom stereocenters. The van der Waals surface area contributed by atoms with Gasteiger partial charge in [0, 0.05) is 6.54 Å². The first kappa shape index (κ1) is 19.9. The van der Waals surface area contributed by atoms with Crippen molar-refractivity contribution in [3.05, 3.63) is 59.4 Å². The van der Waals surface area contributed by atoms with Crippen LogP contribution in [-0.2, 0) is 4.74 Å². The maximum absolute atomic E-state index is 12.1. The van der Waals surface area contributed by atoms with Crippen LogP contribution in [0, 0.1) is 12.8 Å². The van der Waals surface area contributed by atoms with Crippen molar-refractivity contribution >= 4 is 17.7 Å². The molecular formula is C22H27N3O3. The van der Waals surface area contributed by atoms with E-state index in [-0.39, 0.29) is 5.69 Å². The van der Waals surface area contributed by atoms with Crippen LogP contribution in [0.3, 0.4) is 0 Å². The molecule has 0 saturated heterocycles. The Hall–Kier alpha value is -2.89. The van der Waals surface area contributed by atoms with Gasteiger partial charge >= 0.3 is 12.0 Å². The maximum Gasteiger partial charge on any atom is 0.356 e. The molecule has 1 aromatic carbocycles. The third kappa shape index (κ3) is 4.50. The largest absolute Gasteiger partial charge is 0.464 e. The van der Waals surface area contributed by atoms with E-state index in [0.717, 1.165) is 31.2 Å². The second-order valence-electron chi connectivity index (χ2n) is 7.42. The summed E-state index contributed by atoms with van der Waals surface area (Å²) in [6.45, 7) is 2.41. The molecule has 1 aliphatic carbocycles. The van der Waals surface area contributed by atoms with Crippen LogP contribution in [0.5, 0.6) is 0 Å². The molecule has 0 atom stereocenters. The van der Waals surface area contributed by atoms with Gasteiger partial charge < -0.3 is 10.5 Å². The lowest BCUT2D eigenvalue weighted by atomic mass is 9.78. The molecule has 1 saturated carbocycles. The molecule has 1 heterocycles. The monoisotopic (exact) mass is 381 g/mol. The molecule has 6 nitrogen and oxygen atoms in total. The molecule has 1 aliphatic rings. The number of urea groups is 1. The summed E-state index contributed by atoms with van der Waals surface area (Å²) in [5.74, 6) is 0.480. The lowest BCUT2D eigenvalue weighted by Crippen LogP contribution is -2.40. The van der Waals surface area contributed by atoms with Crippen LogP contribution in [-0.4, -0.2) is 30.6 Å². The van der Waals surface area contributed by atoms with Gasteiger partial charge in [-0.05, 0) is 61.6 Å². The lowest BCUT2D eigenvalue weighted by Gasteiger charge is -2.32. The summed E-state index contributed by atoms with van der Waals surface area (Å²) in [7, 11) is 1.31. The van der Waals surface area contributed by atoms with Crippen LogP contribution < -0.4 is 10.6 Å². The van der Waals surface area contributed by atoms with Crippen LogP contribution in [0.25, 0.3) is 0 Å². The number of carbonyl (C=O) groups is 2. The molecular weight excluding hydrogens is 354 g/mol. The van der Waals surface area contributed by atoms with E-state index in [4.69, 9.17) is 10.5 Å². The number of nitrogens with zero attached hydrogens (tertiary/aromatic N) is 2. The van der Waals surface area contributed by atoms with Gasteiger partial charge in [0.15, 0.2) is 0 Å². The number of amides is 2. The SMILES string of the molecule is COC(=O)c1cc(C)c(N(CC2CCC(c3ccccc3)CC2)C(N)=O)cn1. The Morgan fingerprint density at radius 1 is 1.18 bits per heavy atom. The van der Waals surface area contributed by atoms with Crippen molar-refractivity contribution in [3.8, 4) is 0 Å². The van der Waals surface area contributed by atoms with Gasteiger partial charge in [-0.2, -0.15) is 0 Å². The molecule has 2 amide bonds. The summed E-state index contributed by atoms with van der Waals surface area (Å²) in [5.41, 5.74) is 8.69. The minimum absolute atomic E-state index is 0.219. The normalized spacial score (nSPS) is 19.1. The third-order valence-corrected chi connectivity index (χ3v) is 5.59. The molecule has 6 heteroatoms. The summed E-state index contributed by atoms with van der Waals surface area (Å²) < 4.78 is 4.70. The van der Waals surface area contributed by atoms with Crippen molar-refractivity contribution in [1.82, 2.24) is 4.98 Å². The molecule has 2 N–H and O–H groups in total. The van der Waals surface area contributed by atoms with Crippen molar-refractivity contribution < 1.29 is 14.3 Å². The summed E-state index contributed by atoms with van der Waals surface area (Å²) in [5, 5.41) is 0. The van der Waals surface area contributed by atoms with Crippen molar-refractivity contribution in [2.45, 2.75) is 38.5 Å². The number of benzene rings is 1. The standard InChI is InChI=1S/C22H27N3O3/c1-15-12-19(21(26)28-2)24-13-20(15)25(22(23)27)14-16-8-10-18(11-9-16)17-6-4-3-5-7-17/h3-7,12-13,16,18H,8-11,14H2,1-2H3,(H2,23,27). The average molecular weight is 381 g/mol. The maximum atomic E-state index is 12.1. The fourth-order valence-corrected chi connectivity index (χ4v) is 4.02. The molecule has 1 aromatic heterocycles. The number of aryl methyl sites for hydroxylation is 1. The van der Waals surface area contributed by atoms with Crippen LogP contribution in [0.1, 0.15) is 53.2 Å². The van der Waals surface area contributed by atoms with Crippen molar-refractivity contribution in [2.75, 3.05) is 18.6 Å². The minimum atomic E-state index is -0.500. The number of aromatic nitrogens is 1. The Balaban J connectivity index is 1.68. The Bertz CT molecular complexity index is 830. The van der Waals surface area contributed by atoms with E-state index >= 15 is 0 Å². The zero-order valence-corrected chi connectivity index (χ0v) is 16.4. The quantitative estimate of drug-likeness (QED) is 0.792. The predicted molar refractivity (Wildman–Crippen MR) is 108 cm³/mol. The number of primary amides is 1. The zero-order valence-electron chi connectivity index (χ0n) is 16.4. The average Bonchev–Trinajstić information content (AvgIpc) is 2.72. The summed E-state index contributed by atoms with van der Waals surface area (Å²) in [6.07, 6.45) is 5.85. The van der Waals surface area contributed by atoms with E-state index in [1.165, 1.54) is 18.9 Å². The Kier molecular flexibility index (Phi) is 6.29. The number of ether oxygens (including phenoxy) is 1. The zero-order chi connectivity index (χ0) is 20.1. The Labute approximate surface area is 165 Å². The highest BCUT2D eigenvalue weighted by Gasteiger charge is 2.26. The summed E-state index contributed by atoms with van der Waals surface area (Å²) in [6, 6.07) is 11.7. The minimum Gasteiger partial charge on any atom is -0.464 e. The molecule has 0 aliphatic heterocycles. The predicted octanol–water partition coefficient (Wildman–Crippen LogP) is 4.04. The van der Waals surface area contributed by atoms with Gasteiger partial charge in [-0.3, -0.25) is 4.90 Å². The number of methoxy groups -OCH3 is 1. The third-order valence-electron chi connectivity index (χ3n) is 5.59. The first-order chi connectivity index (χ1) is 13.5. The first-order valence-electron chi connectivity index (χ1n) is 9.66. The Morgan fingerprint density at radius 2 is 1.86 bits per heavy atom. The number of nitrogens with two attached hydrogens (primary N) is 1. The highest BCUT2D eigenvalue weighted by Crippen LogP contribution is 2.36. The van der Waals surface area contributed by atoms with Gasteiger partial charge in [0.2, 0.25) is 0 Å². The van der Waals surface area contributed by atoms with E-state index in [1.54, 1.807) is 11.0 Å². The lowest BCUT2D eigenvalue weighted by molar-refractivity contribution is 0.0594. The van der Waals surface area contributed by atoms with E-state index in [0.29, 0.717) is 24.1 Å². The molecule has 148 valence electrons. The molecule has 28 heavy (non-hydrogen) atoms. The van der Waals surface area contributed by atoms with Gasteiger partial charge in [-0.25, -0.2) is 14.6 Å². The van der Waals surface area contributed by atoms with E-state index < -0.39 is 12.0 Å². The molecule has 3 rings (SSSR count). The van der Waals surface area contributed by atoms with E-state index in [2.05, 4.69) is 29.2 Å². The van der Waals surface area contributed by atoms with Crippen molar-refractivity contribution in [3.63, 3.8) is 0 Å². The second-order valence-corrected chi connectivity index (χ2v) is 7.42. The highest BCUT2D eigenvalue weighted by molar-refractivity contribution is 5.93. The molecule has 0 bridgehead atoms. The smallest absolute Gasteiger partial charge is 0.356 e. The van der Waals surface area contributed by atoms with E-state index in [9.17, 15) is 9.59 Å². The van der Waals surface area contributed by atoms with Gasteiger partial charge in [0.05, 0.1) is 19.0 Å². The van der Waals surface area contributed by atoms with Crippen molar-refractivity contribution in [2.24, 2.45) is 11.7 Å². The van der Waals surface area contributed by atoms with Gasteiger partial charge in [0.25, 0.3) is 0 Å². The van der Waals surface area contributed by atoms with Gasteiger partial charge in [-0.1, -0.05) is 30.3 Å².